The Balaban J connectivity index is 0.00000242. The monoisotopic (exact) mass is 326 g/mol. The van der Waals surface area contributed by atoms with Crippen LogP contribution < -0.4 is 11.1 Å². The lowest BCUT2D eigenvalue weighted by atomic mass is 9.79. The molecular weight excluding hydrogens is 300 g/mol. The summed E-state index contributed by atoms with van der Waals surface area (Å²) in [5.74, 6) is 0.0829. The first-order valence-corrected chi connectivity index (χ1v) is 7.70. The summed E-state index contributed by atoms with van der Waals surface area (Å²) in [6.07, 6.45) is 2.30. The Labute approximate surface area is 139 Å². The van der Waals surface area contributed by atoms with Crippen LogP contribution in [0.1, 0.15) is 29.5 Å². The molecule has 1 heterocycles. The molecule has 1 amide bonds. The van der Waals surface area contributed by atoms with Crippen molar-refractivity contribution in [3.8, 4) is 0 Å². The van der Waals surface area contributed by atoms with Crippen LogP contribution in [-0.4, -0.2) is 32.2 Å². The normalized spacial score (nSPS) is 16.7. The minimum Gasteiger partial charge on any atom is -0.381 e. The average Bonchev–Trinajstić information content (AvgIpc) is 2.50. The van der Waals surface area contributed by atoms with E-state index in [1.54, 1.807) is 0 Å². The largest absolute Gasteiger partial charge is 0.381 e. The number of aryl methyl sites for hydroxylation is 2. The fourth-order valence-corrected chi connectivity index (χ4v) is 3.02. The number of nitrogens with two attached hydrogens (primary N) is 1. The Hall–Kier alpha value is -1.10. The van der Waals surface area contributed by atoms with Crippen LogP contribution in [0.3, 0.4) is 0 Å². The van der Waals surface area contributed by atoms with Crippen LogP contribution in [0.25, 0.3) is 0 Å². The van der Waals surface area contributed by atoms with Crippen LogP contribution in [0.2, 0.25) is 0 Å². The van der Waals surface area contributed by atoms with Crippen LogP contribution in [-0.2, 0) is 16.0 Å². The maximum Gasteiger partial charge on any atom is 0.227 e. The first-order chi connectivity index (χ1) is 10.1. The standard InChI is InChI=1S/C17H26N2O2.ClH/c1-13-4-3-5-14(2)15(13)6-9-19-16(20)17(12-18)7-10-21-11-8-17;/h3-5H,6-12,18H2,1-2H3,(H,19,20);1H. The molecule has 5 heteroatoms. The second-order valence-corrected chi connectivity index (χ2v) is 5.97. The predicted octanol–water partition coefficient (Wildman–Crippen LogP) is 2.14. The number of carbonyl (C=O) groups is 1. The fraction of sp³-hybridized carbons (Fsp3) is 0.588. The van der Waals surface area contributed by atoms with Gasteiger partial charge in [-0.3, -0.25) is 4.79 Å². The van der Waals surface area contributed by atoms with Crippen molar-refractivity contribution in [1.29, 1.82) is 0 Å². The minimum absolute atomic E-state index is 0. The van der Waals surface area contributed by atoms with E-state index in [0.29, 0.717) is 26.3 Å². The molecule has 0 bridgehead atoms. The third-order valence-electron chi connectivity index (χ3n) is 4.63. The smallest absolute Gasteiger partial charge is 0.227 e. The predicted molar refractivity (Wildman–Crippen MR) is 91.4 cm³/mol. The molecule has 0 unspecified atom stereocenters. The summed E-state index contributed by atoms with van der Waals surface area (Å²) in [4.78, 5) is 12.5. The number of halogens is 1. The second-order valence-electron chi connectivity index (χ2n) is 5.97. The van der Waals surface area contributed by atoms with Gasteiger partial charge in [0.1, 0.15) is 0 Å². The number of hydrogen-bond donors (Lipinski definition) is 2. The molecule has 22 heavy (non-hydrogen) atoms. The molecular formula is C17H27ClN2O2. The summed E-state index contributed by atoms with van der Waals surface area (Å²) >= 11 is 0. The van der Waals surface area contributed by atoms with Gasteiger partial charge in [0.05, 0.1) is 5.41 Å². The number of hydrogen-bond acceptors (Lipinski definition) is 3. The van der Waals surface area contributed by atoms with Gasteiger partial charge in [-0.15, -0.1) is 12.4 Å². The van der Waals surface area contributed by atoms with Crippen molar-refractivity contribution in [2.75, 3.05) is 26.3 Å². The summed E-state index contributed by atoms with van der Waals surface area (Å²) in [5.41, 5.74) is 9.31. The van der Waals surface area contributed by atoms with Gasteiger partial charge >= 0.3 is 0 Å². The molecule has 1 aromatic carbocycles. The third-order valence-corrected chi connectivity index (χ3v) is 4.63. The van der Waals surface area contributed by atoms with Crippen molar-refractivity contribution in [2.45, 2.75) is 33.1 Å². The van der Waals surface area contributed by atoms with E-state index in [1.165, 1.54) is 16.7 Å². The zero-order valence-corrected chi connectivity index (χ0v) is 14.3. The highest BCUT2D eigenvalue weighted by molar-refractivity contribution is 5.85. The Morgan fingerprint density at radius 3 is 2.41 bits per heavy atom. The maximum atomic E-state index is 12.5. The molecule has 0 radical (unpaired) electrons. The Kier molecular flexibility index (Phi) is 7.33. The number of carbonyl (C=O) groups excluding carboxylic acids is 1. The van der Waals surface area contributed by atoms with Crippen molar-refractivity contribution in [2.24, 2.45) is 11.1 Å². The first kappa shape index (κ1) is 18.9. The second kappa shape index (κ2) is 8.51. The van der Waals surface area contributed by atoms with Gasteiger partial charge in [0.2, 0.25) is 5.91 Å². The number of benzene rings is 1. The van der Waals surface area contributed by atoms with E-state index in [4.69, 9.17) is 10.5 Å². The van der Waals surface area contributed by atoms with E-state index in [2.05, 4.69) is 37.4 Å². The van der Waals surface area contributed by atoms with E-state index in [-0.39, 0.29) is 18.3 Å². The highest BCUT2D eigenvalue weighted by Gasteiger charge is 2.38. The van der Waals surface area contributed by atoms with Crippen LogP contribution in [0, 0.1) is 19.3 Å². The van der Waals surface area contributed by atoms with E-state index in [0.717, 1.165) is 19.3 Å². The summed E-state index contributed by atoms with van der Waals surface area (Å²) in [6.45, 7) is 6.54. The Morgan fingerprint density at radius 1 is 1.27 bits per heavy atom. The van der Waals surface area contributed by atoms with Gasteiger partial charge in [0.15, 0.2) is 0 Å². The summed E-state index contributed by atoms with van der Waals surface area (Å²) in [7, 11) is 0. The van der Waals surface area contributed by atoms with Crippen molar-refractivity contribution in [3.05, 3.63) is 34.9 Å². The molecule has 1 aliphatic rings. The van der Waals surface area contributed by atoms with Gasteiger partial charge in [-0.25, -0.2) is 0 Å². The third kappa shape index (κ3) is 4.22. The Morgan fingerprint density at radius 2 is 1.86 bits per heavy atom. The van der Waals surface area contributed by atoms with Crippen LogP contribution >= 0.6 is 12.4 Å². The molecule has 0 atom stereocenters. The quantitative estimate of drug-likeness (QED) is 0.871. The lowest BCUT2D eigenvalue weighted by molar-refractivity contribution is -0.135. The van der Waals surface area contributed by atoms with Crippen LogP contribution in [0.4, 0.5) is 0 Å². The average molecular weight is 327 g/mol. The highest BCUT2D eigenvalue weighted by atomic mass is 35.5. The summed E-state index contributed by atoms with van der Waals surface area (Å²) in [6, 6.07) is 6.30. The lowest BCUT2D eigenvalue weighted by Gasteiger charge is -2.34. The van der Waals surface area contributed by atoms with Crippen molar-refractivity contribution >= 4 is 18.3 Å². The van der Waals surface area contributed by atoms with Gasteiger partial charge < -0.3 is 15.8 Å². The maximum absolute atomic E-state index is 12.5. The molecule has 1 aliphatic heterocycles. The topological polar surface area (TPSA) is 64.4 Å². The summed E-state index contributed by atoms with van der Waals surface area (Å²) in [5, 5.41) is 3.07. The molecule has 1 fully saturated rings. The first-order valence-electron chi connectivity index (χ1n) is 7.70. The van der Waals surface area contributed by atoms with Gasteiger partial charge in [-0.1, -0.05) is 18.2 Å². The van der Waals surface area contributed by atoms with Crippen molar-refractivity contribution < 1.29 is 9.53 Å². The minimum atomic E-state index is -0.432. The molecule has 0 aliphatic carbocycles. The van der Waals surface area contributed by atoms with Crippen LogP contribution in [0.15, 0.2) is 18.2 Å². The number of amides is 1. The molecule has 0 aromatic heterocycles. The van der Waals surface area contributed by atoms with E-state index >= 15 is 0 Å². The van der Waals surface area contributed by atoms with Crippen LogP contribution in [0.5, 0.6) is 0 Å². The molecule has 3 N–H and O–H groups in total. The molecule has 124 valence electrons. The zero-order valence-electron chi connectivity index (χ0n) is 13.5. The lowest BCUT2D eigenvalue weighted by Crippen LogP contribution is -2.49. The fourth-order valence-electron chi connectivity index (χ4n) is 3.02. The van der Waals surface area contributed by atoms with E-state index in [9.17, 15) is 4.79 Å². The number of nitrogens with one attached hydrogen (secondary N) is 1. The van der Waals surface area contributed by atoms with Crippen molar-refractivity contribution in [3.63, 3.8) is 0 Å². The van der Waals surface area contributed by atoms with Crippen molar-refractivity contribution in [1.82, 2.24) is 5.32 Å². The molecule has 4 nitrogen and oxygen atoms in total. The van der Waals surface area contributed by atoms with Gasteiger partial charge in [0, 0.05) is 26.3 Å². The van der Waals surface area contributed by atoms with Gasteiger partial charge in [0.25, 0.3) is 0 Å². The van der Waals surface area contributed by atoms with Gasteiger partial charge in [-0.05, 0) is 49.8 Å². The summed E-state index contributed by atoms with van der Waals surface area (Å²) < 4.78 is 5.35. The highest BCUT2D eigenvalue weighted by Crippen LogP contribution is 2.29. The molecule has 0 saturated carbocycles. The van der Waals surface area contributed by atoms with E-state index in [1.807, 2.05) is 0 Å². The van der Waals surface area contributed by atoms with E-state index < -0.39 is 5.41 Å². The molecule has 1 aromatic rings. The SMILES string of the molecule is Cc1cccc(C)c1CCNC(=O)C1(CN)CCOCC1.Cl. The zero-order chi connectivity index (χ0) is 15.3. The molecule has 2 rings (SSSR count). The molecule has 1 saturated heterocycles. The number of rotatable bonds is 5. The molecule has 0 spiro atoms. The Bertz CT molecular complexity index is 479. The van der Waals surface area contributed by atoms with Gasteiger partial charge in [-0.2, -0.15) is 0 Å². The number of ether oxygens (including phenoxy) is 1.